The maximum atomic E-state index is 12.9. The molecule has 0 N–H and O–H groups in total. The van der Waals surface area contributed by atoms with Gasteiger partial charge in [-0.1, -0.05) is 23.9 Å². The van der Waals surface area contributed by atoms with Gasteiger partial charge < -0.3 is 13.9 Å². The molecule has 0 amide bonds. The number of aromatic nitrogens is 4. The van der Waals surface area contributed by atoms with E-state index in [1.807, 2.05) is 44.2 Å². The molecule has 1 aromatic carbocycles. The quantitative estimate of drug-likeness (QED) is 0.373. The van der Waals surface area contributed by atoms with Crippen LogP contribution in [0.1, 0.15) is 33.1 Å². The highest BCUT2D eigenvalue weighted by atomic mass is 32.2. The van der Waals surface area contributed by atoms with Crippen molar-refractivity contribution < 1.29 is 22.7 Å². The van der Waals surface area contributed by atoms with Gasteiger partial charge in [0.25, 0.3) is 0 Å². The Morgan fingerprint density at radius 3 is 2.42 bits per heavy atom. The summed E-state index contributed by atoms with van der Waals surface area (Å²) < 4.78 is 46.7. The minimum absolute atomic E-state index is 0.0212. The van der Waals surface area contributed by atoms with E-state index < -0.39 is 12.0 Å². The van der Waals surface area contributed by atoms with Crippen LogP contribution in [-0.2, 0) is 26.2 Å². The maximum Gasteiger partial charge on any atom is 0.451 e. The fraction of sp³-hybridized carbons (Fsp3) is 0.381. The van der Waals surface area contributed by atoms with Crippen LogP contribution in [0.15, 0.2) is 35.5 Å². The lowest BCUT2D eigenvalue weighted by molar-refractivity contribution is -0.147. The maximum absolute atomic E-state index is 12.9. The van der Waals surface area contributed by atoms with E-state index in [-0.39, 0.29) is 16.7 Å². The molecule has 3 aromatic rings. The Bertz CT molecular complexity index is 1070. The van der Waals surface area contributed by atoms with Crippen LogP contribution in [0, 0.1) is 13.8 Å². The molecule has 0 spiro atoms. The summed E-state index contributed by atoms with van der Waals surface area (Å²) >= 11 is 0.943. The molecule has 0 bridgehead atoms. The Morgan fingerprint density at radius 2 is 1.84 bits per heavy atom. The van der Waals surface area contributed by atoms with Gasteiger partial charge in [0.1, 0.15) is 5.75 Å². The molecule has 0 aliphatic heterocycles. The number of alkyl halides is 3. The third-order valence-electron chi connectivity index (χ3n) is 5.08. The van der Waals surface area contributed by atoms with Crippen LogP contribution >= 0.6 is 11.8 Å². The molecule has 31 heavy (non-hydrogen) atoms. The second-order valence-corrected chi connectivity index (χ2v) is 8.05. The molecule has 0 unspecified atom stereocenters. The lowest BCUT2D eigenvalue weighted by Crippen LogP contribution is -2.13. The lowest BCUT2D eigenvalue weighted by atomic mass is 10.1. The number of benzene rings is 1. The highest BCUT2D eigenvalue weighted by Crippen LogP contribution is 2.30. The number of hydrogen-bond acceptors (Lipinski definition) is 5. The molecule has 2 aromatic heterocycles. The molecule has 0 fully saturated rings. The molecule has 0 atom stereocenters. The van der Waals surface area contributed by atoms with Crippen molar-refractivity contribution in [1.29, 1.82) is 0 Å². The van der Waals surface area contributed by atoms with Crippen LogP contribution in [0.5, 0.6) is 5.75 Å². The van der Waals surface area contributed by atoms with Crippen LogP contribution in [0.25, 0.3) is 0 Å². The minimum atomic E-state index is -4.58. The number of aryl methyl sites for hydroxylation is 2. The summed E-state index contributed by atoms with van der Waals surface area (Å²) in [6.07, 6.45) is -3.79. The molecule has 0 radical (unpaired) electrons. The van der Waals surface area contributed by atoms with Gasteiger partial charge >= 0.3 is 6.18 Å². The summed E-state index contributed by atoms with van der Waals surface area (Å²) in [6.45, 7) is 4.52. The van der Waals surface area contributed by atoms with Gasteiger partial charge in [-0.2, -0.15) is 13.2 Å². The lowest BCUT2D eigenvalue weighted by Gasteiger charge is -2.10. The number of methoxy groups -OCH3 is 1. The number of rotatable bonds is 8. The Morgan fingerprint density at radius 1 is 1.16 bits per heavy atom. The Kier molecular flexibility index (Phi) is 6.78. The fourth-order valence-electron chi connectivity index (χ4n) is 3.36. The average molecular weight is 453 g/mol. The van der Waals surface area contributed by atoms with Gasteiger partial charge in [0.2, 0.25) is 5.82 Å². The number of ketones is 1. The number of carbonyl (C=O) groups is 1. The smallest absolute Gasteiger partial charge is 0.451 e. The van der Waals surface area contributed by atoms with Gasteiger partial charge in [0, 0.05) is 30.5 Å². The van der Waals surface area contributed by atoms with Gasteiger partial charge in [-0.25, -0.2) is 0 Å². The second kappa shape index (κ2) is 9.17. The predicted molar refractivity (Wildman–Crippen MR) is 112 cm³/mol. The predicted octanol–water partition coefficient (Wildman–Crippen LogP) is 4.48. The third kappa shape index (κ3) is 5.12. The number of hydrogen-bond donors (Lipinski definition) is 0. The van der Waals surface area contributed by atoms with E-state index >= 15 is 0 Å². The summed E-state index contributed by atoms with van der Waals surface area (Å²) in [7, 11) is 2.86. The number of Topliss-reactive ketones (excluding diaryl/α,β-unsaturated/α-hetero) is 1. The SMILES string of the molecule is COc1ccc(CCn2c(C)cc(C(=O)CSc3nnc(C(F)(F)F)n3C)c2C)cc1. The van der Waals surface area contributed by atoms with Crippen molar-refractivity contribution >= 4 is 17.5 Å². The topological polar surface area (TPSA) is 61.9 Å². The molecule has 3 rings (SSSR count). The van der Waals surface area contributed by atoms with Crippen molar-refractivity contribution in [2.75, 3.05) is 12.9 Å². The van der Waals surface area contributed by atoms with E-state index in [1.54, 1.807) is 7.11 Å². The van der Waals surface area contributed by atoms with Crippen molar-refractivity contribution in [2.24, 2.45) is 7.05 Å². The van der Waals surface area contributed by atoms with E-state index in [9.17, 15) is 18.0 Å². The molecule has 166 valence electrons. The standard InChI is InChI=1S/C21H23F3N4O2S/c1-13-11-17(14(2)28(13)10-9-15-5-7-16(30-4)8-6-15)18(29)12-31-20-26-25-19(27(20)3)21(22,23)24/h5-8,11H,9-10,12H2,1-4H3. The fourth-order valence-corrected chi connectivity index (χ4v) is 4.15. The average Bonchev–Trinajstić information content (AvgIpc) is 3.24. The van der Waals surface area contributed by atoms with Crippen LogP contribution in [0.4, 0.5) is 13.2 Å². The Labute approximate surface area is 182 Å². The zero-order valence-electron chi connectivity index (χ0n) is 17.7. The van der Waals surface area contributed by atoms with E-state index in [4.69, 9.17) is 4.74 Å². The second-order valence-electron chi connectivity index (χ2n) is 7.11. The van der Waals surface area contributed by atoms with Crippen LogP contribution in [0.3, 0.4) is 0 Å². The first-order valence-corrected chi connectivity index (χ1v) is 10.5. The summed E-state index contributed by atoms with van der Waals surface area (Å²) in [5.74, 6) is -0.468. The number of ether oxygens (including phenoxy) is 1. The number of halogens is 3. The first kappa shape index (κ1) is 22.9. The van der Waals surface area contributed by atoms with Crippen molar-refractivity contribution in [1.82, 2.24) is 19.3 Å². The Balaban J connectivity index is 1.66. The minimum Gasteiger partial charge on any atom is -0.497 e. The largest absolute Gasteiger partial charge is 0.497 e. The van der Waals surface area contributed by atoms with Gasteiger partial charge in [0.15, 0.2) is 10.9 Å². The van der Waals surface area contributed by atoms with Crippen molar-refractivity contribution in [3.8, 4) is 5.75 Å². The van der Waals surface area contributed by atoms with Crippen molar-refractivity contribution in [3.63, 3.8) is 0 Å². The first-order valence-electron chi connectivity index (χ1n) is 9.54. The molecular weight excluding hydrogens is 429 g/mol. The van der Waals surface area contributed by atoms with E-state index in [2.05, 4.69) is 14.8 Å². The number of nitrogens with zero attached hydrogens (tertiary/aromatic N) is 4. The van der Waals surface area contributed by atoms with Gasteiger partial charge in [-0.3, -0.25) is 4.79 Å². The van der Waals surface area contributed by atoms with Gasteiger partial charge in [0.05, 0.1) is 12.9 Å². The summed E-state index contributed by atoms with van der Waals surface area (Å²) in [4.78, 5) is 12.7. The highest BCUT2D eigenvalue weighted by Gasteiger charge is 2.37. The molecule has 0 saturated carbocycles. The summed E-state index contributed by atoms with van der Waals surface area (Å²) in [5.41, 5.74) is 3.51. The van der Waals surface area contributed by atoms with Crippen molar-refractivity contribution in [3.05, 3.63) is 58.7 Å². The Hall–Kier alpha value is -2.75. The zero-order valence-corrected chi connectivity index (χ0v) is 18.5. The van der Waals surface area contributed by atoms with Gasteiger partial charge in [-0.05, 0) is 44.0 Å². The van der Waals surface area contributed by atoms with Gasteiger partial charge in [-0.15, -0.1) is 10.2 Å². The van der Waals surface area contributed by atoms with Crippen LogP contribution in [-0.4, -0.2) is 38.0 Å². The molecule has 0 aliphatic rings. The molecular formula is C21H23F3N4O2S. The van der Waals surface area contributed by atoms with E-state index in [0.29, 0.717) is 12.1 Å². The highest BCUT2D eigenvalue weighted by molar-refractivity contribution is 7.99. The third-order valence-corrected chi connectivity index (χ3v) is 6.10. The monoisotopic (exact) mass is 452 g/mol. The zero-order chi connectivity index (χ0) is 22.8. The molecule has 2 heterocycles. The molecule has 0 saturated heterocycles. The van der Waals surface area contributed by atoms with Crippen LogP contribution in [0.2, 0.25) is 0 Å². The molecule has 10 heteroatoms. The van der Waals surface area contributed by atoms with Crippen LogP contribution < -0.4 is 4.74 Å². The summed E-state index contributed by atoms with van der Waals surface area (Å²) in [5, 5.41) is 6.79. The van der Waals surface area contributed by atoms with E-state index in [1.165, 1.54) is 7.05 Å². The number of carbonyl (C=O) groups excluding carboxylic acids is 1. The molecule has 0 aliphatic carbocycles. The normalized spacial score (nSPS) is 11.7. The van der Waals surface area contributed by atoms with E-state index in [0.717, 1.165) is 45.5 Å². The molecule has 6 nitrogen and oxygen atoms in total. The number of thioether (sulfide) groups is 1. The summed E-state index contributed by atoms with van der Waals surface area (Å²) in [6, 6.07) is 9.66. The first-order chi connectivity index (χ1) is 14.6. The van der Waals surface area contributed by atoms with Crippen molar-refractivity contribution in [2.45, 2.75) is 38.1 Å².